The Morgan fingerprint density at radius 3 is 2.58 bits per heavy atom. The molecule has 2 heterocycles. The summed E-state index contributed by atoms with van der Waals surface area (Å²) in [6.07, 6.45) is 9.53. The minimum Gasteiger partial charge on any atom is -0.481 e. The molecule has 5 unspecified atom stereocenters. The third-order valence-electron chi connectivity index (χ3n) is 5.85. The fraction of sp³-hybridized carbons (Fsp3) is 0.947. The average molecular weight is 357 g/mol. The van der Waals surface area contributed by atoms with Crippen molar-refractivity contribution in [3.63, 3.8) is 0 Å². The molecular weight excluding hydrogens is 324 g/mol. The van der Waals surface area contributed by atoms with Crippen LogP contribution in [0.2, 0.25) is 0 Å². The maximum Gasteiger partial charge on any atom is 0.303 e. The lowest BCUT2D eigenvalue weighted by atomic mass is 9.76. The van der Waals surface area contributed by atoms with Crippen LogP contribution in [0.25, 0.3) is 0 Å². The molecule has 0 spiro atoms. The Morgan fingerprint density at radius 2 is 1.92 bits per heavy atom. The second-order valence-corrected chi connectivity index (χ2v) is 9.37. The molecule has 2 aliphatic heterocycles. The Kier molecular flexibility index (Phi) is 6.88. The lowest BCUT2D eigenvalue weighted by molar-refractivity contribution is -0.137. The fourth-order valence-electron chi connectivity index (χ4n) is 4.24. The highest BCUT2D eigenvalue weighted by Crippen LogP contribution is 2.47. The summed E-state index contributed by atoms with van der Waals surface area (Å²) >= 11 is 1.93. The summed E-state index contributed by atoms with van der Waals surface area (Å²) in [5, 5.41) is 9.20. The van der Waals surface area contributed by atoms with Crippen molar-refractivity contribution in [2.24, 2.45) is 17.8 Å². The normalized spacial score (nSPS) is 33.0. The molecule has 138 valence electrons. The van der Waals surface area contributed by atoms with Gasteiger partial charge in [0, 0.05) is 24.9 Å². The Morgan fingerprint density at radius 1 is 1.21 bits per heavy atom. The standard InChI is InChI=1S/C19H32O4S/c1-13(2-7-19(20)21)24-11-9-16-15(17-5-6-18(16)23-17)8-10-22-12-14-3-4-14/h13-18H,2-12H2,1H3,(H,20,21). The molecule has 3 fully saturated rings. The first-order valence-electron chi connectivity index (χ1n) is 9.70. The lowest BCUT2D eigenvalue weighted by Crippen LogP contribution is -2.29. The van der Waals surface area contributed by atoms with Gasteiger partial charge in [-0.3, -0.25) is 4.79 Å². The minimum atomic E-state index is -0.685. The average Bonchev–Trinajstić information content (AvgIpc) is 3.17. The van der Waals surface area contributed by atoms with E-state index in [0.717, 1.165) is 37.7 Å². The molecule has 3 aliphatic rings. The molecule has 0 aromatic rings. The second-order valence-electron chi connectivity index (χ2n) is 7.83. The van der Waals surface area contributed by atoms with Crippen LogP contribution in [0.3, 0.4) is 0 Å². The molecule has 1 saturated carbocycles. The molecular formula is C19H32O4S. The summed E-state index contributed by atoms with van der Waals surface area (Å²) in [7, 11) is 0. The molecule has 4 nitrogen and oxygen atoms in total. The zero-order valence-corrected chi connectivity index (χ0v) is 15.6. The number of thioether (sulfide) groups is 1. The molecule has 2 bridgehead atoms. The Labute approximate surface area is 150 Å². The number of aliphatic carboxylic acids is 1. The molecule has 0 radical (unpaired) electrons. The summed E-state index contributed by atoms with van der Waals surface area (Å²) in [6, 6.07) is 0. The van der Waals surface area contributed by atoms with E-state index in [0.29, 0.717) is 29.3 Å². The van der Waals surface area contributed by atoms with E-state index in [1.807, 2.05) is 11.8 Å². The summed E-state index contributed by atoms with van der Waals surface area (Å²) in [5.41, 5.74) is 0. The van der Waals surface area contributed by atoms with Gasteiger partial charge in [-0.15, -0.1) is 0 Å². The lowest BCUT2D eigenvalue weighted by Gasteiger charge is -2.28. The predicted octanol–water partition coefficient (Wildman–Crippen LogP) is 3.97. The van der Waals surface area contributed by atoms with E-state index in [2.05, 4.69) is 6.92 Å². The number of carboxylic acids is 1. The Hall–Kier alpha value is -0.260. The van der Waals surface area contributed by atoms with Gasteiger partial charge in [-0.05, 0) is 68.5 Å². The van der Waals surface area contributed by atoms with Gasteiger partial charge in [0.1, 0.15) is 0 Å². The molecule has 0 aromatic carbocycles. The first kappa shape index (κ1) is 18.5. The molecule has 1 aliphatic carbocycles. The third kappa shape index (κ3) is 5.37. The van der Waals surface area contributed by atoms with Gasteiger partial charge in [0.2, 0.25) is 0 Å². The monoisotopic (exact) mass is 356 g/mol. The molecule has 2 saturated heterocycles. The SMILES string of the molecule is CC(CCC(=O)O)SCCC1C2CCC(O2)C1CCOCC1CC1. The summed E-state index contributed by atoms with van der Waals surface area (Å²) in [5.74, 6) is 2.65. The third-order valence-corrected chi connectivity index (χ3v) is 7.13. The van der Waals surface area contributed by atoms with Gasteiger partial charge in [0.25, 0.3) is 0 Å². The van der Waals surface area contributed by atoms with Crippen LogP contribution in [0, 0.1) is 17.8 Å². The topological polar surface area (TPSA) is 55.8 Å². The second kappa shape index (κ2) is 8.91. The molecule has 3 rings (SSSR count). The zero-order chi connectivity index (χ0) is 16.9. The molecule has 5 atom stereocenters. The van der Waals surface area contributed by atoms with Gasteiger partial charge < -0.3 is 14.6 Å². The van der Waals surface area contributed by atoms with E-state index in [1.54, 1.807) is 0 Å². The van der Waals surface area contributed by atoms with Crippen molar-refractivity contribution in [3.05, 3.63) is 0 Å². The van der Waals surface area contributed by atoms with E-state index in [4.69, 9.17) is 14.6 Å². The van der Waals surface area contributed by atoms with Crippen LogP contribution >= 0.6 is 11.8 Å². The number of ether oxygens (including phenoxy) is 2. The van der Waals surface area contributed by atoms with Crippen LogP contribution in [0.1, 0.15) is 58.3 Å². The van der Waals surface area contributed by atoms with E-state index >= 15 is 0 Å². The van der Waals surface area contributed by atoms with E-state index in [-0.39, 0.29) is 6.42 Å². The minimum absolute atomic E-state index is 0.284. The van der Waals surface area contributed by atoms with Crippen molar-refractivity contribution >= 4 is 17.7 Å². The van der Waals surface area contributed by atoms with Crippen molar-refractivity contribution in [2.45, 2.75) is 75.7 Å². The number of fused-ring (bicyclic) bond motifs is 2. The van der Waals surface area contributed by atoms with Crippen LogP contribution < -0.4 is 0 Å². The van der Waals surface area contributed by atoms with Gasteiger partial charge in [-0.25, -0.2) is 0 Å². The summed E-state index contributed by atoms with van der Waals surface area (Å²) < 4.78 is 12.0. The van der Waals surface area contributed by atoms with Crippen molar-refractivity contribution in [1.29, 1.82) is 0 Å². The van der Waals surface area contributed by atoms with Crippen molar-refractivity contribution in [1.82, 2.24) is 0 Å². The van der Waals surface area contributed by atoms with E-state index < -0.39 is 5.97 Å². The van der Waals surface area contributed by atoms with E-state index in [1.165, 1.54) is 32.1 Å². The number of carboxylic acid groups (broad SMARTS) is 1. The van der Waals surface area contributed by atoms with Gasteiger partial charge >= 0.3 is 5.97 Å². The van der Waals surface area contributed by atoms with Crippen LogP contribution in [-0.4, -0.2) is 47.5 Å². The molecule has 5 heteroatoms. The fourth-order valence-corrected chi connectivity index (χ4v) is 5.33. The maximum absolute atomic E-state index is 10.6. The molecule has 0 amide bonds. The first-order chi connectivity index (χ1) is 11.6. The maximum atomic E-state index is 10.6. The van der Waals surface area contributed by atoms with Crippen LogP contribution in [0.4, 0.5) is 0 Å². The summed E-state index contributed by atoms with van der Waals surface area (Å²) in [4.78, 5) is 10.6. The first-order valence-corrected chi connectivity index (χ1v) is 10.7. The van der Waals surface area contributed by atoms with Crippen molar-refractivity contribution < 1.29 is 19.4 Å². The van der Waals surface area contributed by atoms with Crippen molar-refractivity contribution in [2.75, 3.05) is 19.0 Å². The Balaban J connectivity index is 1.35. The highest BCUT2D eigenvalue weighted by atomic mass is 32.2. The van der Waals surface area contributed by atoms with Gasteiger partial charge in [-0.1, -0.05) is 6.92 Å². The van der Waals surface area contributed by atoms with Gasteiger partial charge in [-0.2, -0.15) is 11.8 Å². The Bertz CT molecular complexity index is 412. The smallest absolute Gasteiger partial charge is 0.303 e. The summed E-state index contributed by atoms with van der Waals surface area (Å²) in [6.45, 7) is 4.00. The van der Waals surface area contributed by atoms with Gasteiger partial charge in [0.15, 0.2) is 0 Å². The predicted molar refractivity (Wildman–Crippen MR) is 96.4 cm³/mol. The molecule has 1 N–H and O–H groups in total. The van der Waals surface area contributed by atoms with Gasteiger partial charge in [0.05, 0.1) is 12.2 Å². The quantitative estimate of drug-likeness (QED) is 0.536. The van der Waals surface area contributed by atoms with Crippen LogP contribution in [-0.2, 0) is 14.3 Å². The van der Waals surface area contributed by atoms with Crippen molar-refractivity contribution in [3.8, 4) is 0 Å². The molecule has 24 heavy (non-hydrogen) atoms. The van der Waals surface area contributed by atoms with Crippen LogP contribution in [0.15, 0.2) is 0 Å². The number of rotatable bonds is 12. The highest BCUT2D eigenvalue weighted by Gasteiger charge is 2.47. The zero-order valence-electron chi connectivity index (χ0n) is 14.8. The number of hydrogen-bond donors (Lipinski definition) is 1. The largest absolute Gasteiger partial charge is 0.481 e. The highest BCUT2D eigenvalue weighted by molar-refractivity contribution is 7.99. The number of hydrogen-bond acceptors (Lipinski definition) is 4. The van der Waals surface area contributed by atoms with E-state index in [9.17, 15) is 4.79 Å². The molecule has 0 aromatic heterocycles. The number of carbonyl (C=O) groups is 1. The van der Waals surface area contributed by atoms with Crippen LogP contribution in [0.5, 0.6) is 0 Å².